The van der Waals surface area contributed by atoms with Crippen LogP contribution in [0.3, 0.4) is 0 Å². The highest BCUT2D eigenvalue weighted by molar-refractivity contribution is 7.34. The van der Waals surface area contributed by atoms with Gasteiger partial charge in [0.25, 0.3) is 0 Å². The Bertz CT molecular complexity index is 617. The fourth-order valence-corrected chi connectivity index (χ4v) is 7.53. The van der Waals surface area contributed by atoms with Crippen LogP contribution in [0.5, 0.6) is 0 Å². The van der Waals surface area contributed by atoms with Crippen molar-refractivity contribution >= 4 is 42.1 Å². The summed E-state index contributed by atoms with van der Waals surface area (Å²) in [7, 11) is -3.45. The van der Waals surface area contributed by atoms with E-state index < -0.39 is 15.5 Å². The van der Waals surface area contributed by atoms with Crippen LogP contribution in [0.4, 0.5) is 0 Å². The Kier molecular flexibility index (Phi) is 4.81. The van der Waals surface area contributed by atoms with Crippen molar-refractivity contribution < 1.29 is 0 Å². The molecule has 2 aromatic carbocycles. The number of aryl methyl sites for hydroxylation is 1. The van der Waals surface area contributed by atoms with Gasteiger partial charge < -0.3 is 0 Å². The van der Waals surface area contributed by atoms with Gasteiger partial charge in [-0.25, -0.2) is 0 Å². The Balaban J connectivity index is 2.60. The van der Waals surface area contributed by atoms with Crippen LogP contribution in [0.25, 0.3) is 0 Å². The average molecular weight is 333 g/mol. The summed E-state index contributed by atoms with van der Waals surface area (Å²) in [5.74, 6) is 0. The van der Waals surface area contributed by atoms with Gasteiger partial charge in [-0.2, -0.15) is 11.1 Å². The summed E-state index contributed by atoms with van der Waals surface area (Å²) in [5.41, 5.74) is 1.34. The molecular formula is C18H25ClSi2. The van der Waals surface area contributed by atoms with Crippen molar-refractivity contribution in [2.75, 3.05) is 0 Å². The van der Waals surface area contributed by atoms with Crippen molar-refractivity contribution in [2.45, 2.75) is 39.5 Å². The van der Waals surface area contributed by atoms with Crippen LogP contribution in [-0.4, -0.2) is 15.5 Å². The number of benzene rings is 2. The molecule has 0 aliphatic carbocycles. The third-order valence-electron chi connectivity index (χ3n) is 4.12. The molecule has 0 radical (unpaired) electrons. The van der Waals surface area contributed by atoms with Crippen molar-refractivity contribution in [3.05, 3.63) is 54.1 Å². The highest BCUT2D eigenvalue weighted by Crippen LogP contribution is 2.17. The minimum Gasteiger partial charge on any atom is -0.155 e. The van der Waals surface area contributed by atoms with Gasteiger partial charge >= 0.3 is 0 Å². The molecule has 1 atom stereocenters. The van der Waals surface area contributed by atoms with Crippen molar-refractivity contribution in [3.63, 3.8) is 0 Å². The van der Waals surface area contributed by atoms with Gasteiger partial charge in [0, 0.05) is 0 Å². The fraction of sp³-hybridized carbons (Fsp3) is 0.333. The average Bonchev–Trinajstić information content (AvgIpc) is 2.45. The first-order valence-electron chi connectivity index (χ1n) is 7.64. The predicted octanol–water partition coefficient (Wildman–Crippen LogP) is 3.86. The van der Waals surface area contributed by atoms with E-state index in [-0.39, 0.29) is 0 Å². The molecule has 2 rings (SSSR count). The summed E-state index contributed by atoms with van der Waals surface area (Å²) in [6.07, 6.45) is 0. The first-order valence-corrected chi connectivity index (χ1v) is 14.4. The lowest BCUT2D eigenvalue weighted by Gasteiger charge is -2.27. The number of hydrogen-bond acceptors (Lipinski definition) is 0. The lowest BCUT2D eigenvalue weighted by atomic mass is 10.2. The van der Waals surface area contributed by atoms with Crippen LogP contribution < -0.4 is 15.6 Å². The second kappa shape index (κ2) is 6.11. The molecule has 21 heavy (non-hydrogen) atoms. The third-order valence-corrected chi connectivity index (χ3v) is 11.7. The van der Waals surface area contributed by atoms with Crippen molar-refractivity contribution in [1.29, 1.82) is 0 Å². The van der Waals surface area contributed by atoms with Gasteiger partial charge in [0.05, 0.1) is 8.07 Å². The van der Waals surface area contributed by atoms with E-state index in [0.717, 1.165) is 6.04 Å². The van der Waals surface area contributed by atoms with Crippen LogP contribution in [0.1, 0.15) is 12.5 Å². The molecule has 2 aromatic rings. The van der Waals surface area contributed by atoms with Crippen LogP contribution in [0, 0.1) is 6.92 Å². The smallest absolute Gasteiger partial charge is 0.155 e. The van der Waals surface area contributed by atoms with E-state index in [2.05, 4.69) is 82.0 Å². The van der Waals surface area contributed by atoms with E-state index in [9.17, 15) is 0 Å². The number of halogens is 1. The summed E-state index contributed by atoms with van der Waals surface area (Å²) in [6.45, 7) is 11.6. The van der Waals surface area contributed by atoms with Gasteiger partial charge in [0.15, 0.2) is 0 Å². The molecule has 0 amide bonds. The fourth-order valence-electron chi connectivity index (χ4n) is 2.72. The van der Waals surface area contributed by atoms with Crippen LogP contribution in [0.15, 0.2) is 48.5 Å². The highest BCUT2D eigenvalue weighted by Gasteiger charge is 2.34. The van der Waals surface area contributed by atoms with Gasteiger partial charge in [0.2, 0.25) is 7.38 Å². The summed E-state index contributed by atoms with van der Waals surface area (Å²) in [6, 6.07) is 18.7. The molecule has 3 heteroatoms. The maximum atomic E-state index is 7.22. The molecule has 0 aliphatic heterocycles. The minimum atomic E-state index is -2.12. The van der Waals surface area contributed by atoms with Gasteiger partial charge in [-0.15, -0.1) is 0 Å². The molecular weight excluding hydrogens is 308 g/mol. The molecule has 0 bridgehead atoms. The van der Waals surface area contributed by atoms with Gasteiger partial charge in [0.1, 0.15) is 0 Å². The quantitative estimate of drug-likeness (QED) is 0.589. The van der Waals surface area contributed by atoms with Crippen molar-refractivity contribution in [3.8, 4) is 0 Å². The maximum Gasteiger partial charge on any atom is 0.217 e. The minimum absolute atomic E-state index is 1.02. The summed E-state index contributed by atoms with van der Waals surface area (Å²) >= 11 is 7.22. The molecule has 0 heterocycles. The molecule has 0 N–H and O–H groups in total. The molecule has 1 unspecified atom stereocenters. The van der Waals surface area contributed by atoms with E-state index in [0.29, 0.717) is 0 Å². The van der Waals surface area contributed by atoms with Gasteiger partial charge in [-0.05, 0) is 23.3 Å². The number of hydrogen-bond donors (Lipinski definition) is 0. The summed E-state index contributed by atoms with van der Waals surface area (Å²) in [5, 5.41) is 4.20. The summed E-state index contributed by atoms with van der Waals surface area (Å²) < 4.78 is 0. The topological polar surface area (TPSA) is 0 Å². The van der Waals surface area contributed by atoms with E-state index in [1.807, 2.05) is 0 Å². The normalized spacial score (nSPS) is 14.8. The molecule has 0 fully saturated rings. The zero-order valence-electron chi connectivity index (χ0n) is 13.7. The van der Waals surface area contributed by atoms with Crippen LogP contribution in [-0.2, 0) is 0 Å². The number of rotatable bonds is 4. The Hall–Kier alpha value is -0.836. The Labute approximate surface area is 135 Å². The first-order chi connectivity index (χ1) is 9.77. The second-order valence-corrected chi connectivity index (χ2v) is 17.3. The monoisotopic (exact) mass is 332 g/mol. The Morgan fingerprint density at radius 3 is 1.95 bits per heavy atom. The molecule has 0 nitrogen and oxygen atoms in total. The van der Waals surface area contributed by atoms with E-state index in [1.165, 1.54) is 21.1 Å². The van der Waals surface area contributed by atoms with E-state index >= 15 is 0 Å². The zero-order chi connectivity index (χ0) is 15.7. The van der Waals surface area contributed by atoms with Crippen molar-refractivity contribution in [2.24, 2.45) is 0 Å². The predicted molar refractivity (Wildman–Crippen MR) is 102 cm³/mol. The van der Waals surface area contributed by atoms with Gasteiger partial charge in [-0.1, -0.05) is 85.8 Å². The van der Waals surface area contributed by atoms with Crippen molar-refractivity contribution in [1.82, 2.24) is 0 Å². The Morgan fingerprint density at radius 2 is 1.43 bits per heavy atom. The van der Waals surface area contributed by atoms with E-state index in [4.69, 9.17) is 11.1 Å². The lowest BCUT2D eigenvalue weighted by Crippen LogP contribution is -2.55. The largest absolute Gasteiger partial charge is 0.217 e. The zero-order valence-corrected chi connectivity index (χ0v) is 16.5. The molecule has 0 saturated carbocycles. The van der Waals surface area contributed by atoms with Gasteiger partial charge in [-0.3, -0.25) is 0 Å². The van der Waals surface area contributed by atoms with E-state index in [1.54, 1.807) is 0 Å². The maximum absolute atomic E-state index is 7.22. The Morgan fingerprint density at radius 1 is 0.857 bits per heavy atom. The molecule has 0 aliphatic rings. The summed E-state index contributed by atoms with van der Waals surface area (Å²) in [4.78, 5) is 0. The highest BCUT2D eigenvalue weighted by atomic mass is 35.6. The molecule has 112 valence electrons. The molecule has 0 aromatic heterocycles. The van der Waals surface area contributed by atoms with Crippen LogP contribution >= 0.6 is 11.1 Å². The SMILES string of the molecule is CC[Si](Cl)(c1ccccc1)c1cc(C)cc([Si](C)(C)C)c1. The van der Waals surface area contributed by atoms with Crippen LogP contribution in [0.2, 0.25) is 25.7 Å². The lowest BCUT2D eigenvalue weighted by molar-refractivity contribution is 1.42. The first kappa shape index (κ1) is 16.5. The molecule has 0 spiro atoms. The third kappa shape index (κ3) is 3.50. The second-order valence-electron chi connectivity index (χ2n) is 6.86. The standard InChI is InChI=1S/C18H25ClSi2/c1-6-21(19,16-10-8-7-9-11-16)18-13-15(2)12-17(14-18)20(3,4)5/h7-14H,6H2,1-5H3. The molecule has 0 saturated heterocycles.